The first-order valence-electron chi connectivity index (χ1n) is 10.4. The maximum Gasteiger partial charge on any atom is 0.259 e. The Hall–Kier alpha value is -3.85. The van der Waals surface area contributed by atoms with Crippen LogP contribution in [-0.4, -0.2) is 32.3 Å². The van der Waals surface area contributed by atoms with Crippen molar-refractivity contribution in [1.29, 1.82) is 5.41 Å². The standard InChI is InChI=1S/C24H20FN5O2S/c25-13-6-7-19-15(10-13)17(12-30(19)8-3-9-33-24(26)27)21-20(22(31)29-23(21)32)16-11-28-18-5-2-1-4-14(16)18/h1-2,4-7,10-12,28H,3,8-9H2,(H3,26,27)(H,29,31,32). The van der Waals surface area contributed by atoms with Crippen LogP contribution < -0.4 is 11.1 Å². The van der Waals surface area contributed by atoms with E-state index in [-0.39, 0.29) is 16.3 Å². The molecule has 0 saturated carbocycles. The maximum atomic E-state index is 14.2. The van der Waals surface area contributed by atoms with E-state index in [1.54, 1.807) is 18.5 Å². The summed E-state index contributed by atoms with van der Waals surface area (Å²) in [5.41, 5.74) is 8.66. The van der Waals surface area contributed by atoms with Crippen LogP contribution in [0.15, 0.2) is 54.9 Å². The van der Waals surface area contributed by atoms with Gasteiger partial charge in [-0.3, -0.25) is 20.3 Å². The predicted molar refractivity (Wildman–Crippen MR) is 129 cm³/mol. The second-order valence-electron chi connectivity index (χ2n) is 7.75. The lowest BCUT2D eigenvalue weighted by Gasteiger charge is -2.04. The first-order chi connectivity index (χ1) is 15.9. The van der Waals surface area contributed by atoms with Gasteiger partial charge < -0.3 is 15.3 Å². The number of nitrogens with one attached hydrogen (secondary N) is 3. The zero-order valence-corrected chi connectivity index (χ0v) is 18.3. The number of benzene rings is 2. The Morgan fingerprint density at radius 2 is 1.82 bits per heavy atom. The fourth-order valence-electron chi connectivity index (χ4n) is 4.32. The lowest BCUT2D eigenvalue weighted by Crippen LogP contribution is -2.22. The van der Waals surface area contributed by atoms with Gasteiger partial charge in [-0.1, -0.05) is 30.0 Å². The molecular weight excluding hydrogens is 441 g/mol. The number of aromatic nitrogens is 2. The Kier molecular flexibility index (Phi) is 5.26. The number of hydrogen-bond donors (Lipinski definition) is 4. The fourth-order valence-corrected chi connectivity index (χ4v) is 4.81. The van der Waals surface area contributed by atoms with Gasteiger partial charge in [-0.2, -0.15) is 0 Å². The van der Waals surface area contributed by atoms with Gasteiger partial charge in [-0.25, -0.2) is 4.39 Å². The number of aromatic amines is 1. The van der Waals surface area contributed by atoms with Crippen molar-refractivity contribution in [3.05, 3.63) is 71.8 Å². The third kappa shape index (κ3) is 3.70. The monoisotopic (exact) mass is 461 g/mol. The van der Waals surface area contributed by atoms with Crippen LogP contribution >= 0.6 is 11.8 Å². The second-order valence-corrected chi connectivity index (χ2v) is 8.88. The summed E-state index contributed by atoms with van der Waals surface area (Å²) < 4.78 is 16.2. The Labute approximate surface area is 192 Å². The largest absolute Gasteiger partial charge is 0.379 e. The van der Waals surface area contributed by atoms with Crippen molar-refractivity contribution in [2.45, 2.75) is 13.0 Å². The second kappa shape index (κ2) is 8.25. The molecule has 0 atom stereocenters. The molecule has 166 valence electrons. The van der Waals surface area contributed by atoms with Crippen LogP contribution in [-0.2, 0) is 16.1 Å². The number of halogens is 1. The van der Waals surface area contributed by atoms with E-state index in [1.807, 2.05) is 28.8 Å². The topological polar surface area (TPSA) is 117 Å². The first-order valence-corrected chi connectivity index (χ1v) is 11.3. The van der Waals surface area contributed by atoms with Gasteiger partial charge in [0.05, 0.1) is 11.1 Å². The number of carbonyl (C=O) groups is 2. The summed E-state index contributed by atoms with van der Waals surface area (Å²) in [6.07, 6.45) is 4.24. The number of fused-ring (bicyclic) bond motifs is 2. The molecule has 2 aromatic carbocycles. The average molecular weight is 462 g/mol. The minimum Gasteiger partial charge on any atom is -0.379 e. The summed E-state index contributed by atoms with van der Waals surface area (Å²) in [7, 11) is 0. The van der Waals surface area contributed by atoms with Crippen molar-refractivity contribution in [3.63, 3.8) is 0 Å². The third-order valence-electron chi connectivity index (χ3n) is 5.70. The number of thioether (sulfide) groups is 1. The summed E-state index contributed by atoms with van der Waals surface area (Å²) in [5, 5.41) is 11.2. The molecule has 0 saturated heterocycles. The molecule has 0 bridgehead atoms. The number of hydrogen-bond acceptors (Lipinski definition) is 4. The molecule has 1 aliphatic rings. The van der Waals surface area contributed by atoms with E-state index in [2.05, 4.69) is 10.3 Å². The highest BCUT2D eigenvalue weighted by Gasteiger charge is 2.35. The smallest absolute Gasteiger partial charge is 0.259 e. The van der Waals surface area contributed by atoms with Crippen LogP contribution in [0.25, 0.3) is 33.0 Å². The number of nitrogens with zero attached hydrogens (tertiary/aromatic N) is 1. The van der Waals surface area contributed by atoms with Gasteiger partial charge in [-0.15, -0.1) is 0 Å². The van der Waals surface area contributed by atoms with E-state index >= 15 is 0 Å². The minimum absolute atomic E-state index is 0.0600. The van der Waals surface area contributed by atoms with Crippen molar-refractivity contribution in [2.24, 2.45) is 5.73 Å². The van der Waals surface area contributed by atoms with Crippen molar-refractivity contribution in [2.75, 3.05) is 5.75 Å². The molecule has 7 nitrogen and oxygen atoms in total. The van der Waals surface area contributed by atoms with E-state index in [0.29, 0.717) is 28.8 Å². The summed E-state index contributed by atoms with van der Waals surface area (Å²) >= 11 is 1.26. The van der Waals surface area contributed by atoms with Crippen molar-refractivity contribution in [1.82, 2.24) is 14.9 Å². The number of nitrogens with two attached hydrogens (primary N) is 1. The zero-order chi connectivity index (χ0) is 23.1. The molecule has 2 amide bonds. The number of amidine groups is 1. The first kappa shape index (κ1) is 21.0. The molecule has 0 aliphatic carbocycles. The van der Waals surface area contributed by atoms with E-state index in [1.165, 1.54) is 23.9 Å². The number of amides is 2. The molecule has 5 rings (SSSR count). The number of rotatable bonds is 6. The lowest BCUT2D eigenvalue weighted by atomic mass is 9.95. The predicted octanol–water partition coefficient (Wildman–Crippen LogP) is 3.85. The highest BCUT2D eigenvalue weighted by atomic mass is 32.2. The Morgan fingerprint density at radius 1 is 1.06 bits per heavy atom. The SMILES string of the molecule is N=C(N)SCCCn1cc(C2=C(c3c[nH]c4ccccc34)C(=O)NC2=O)c2cc(F)ccc21. The highest BCUT2D eigenvalue weighted by Crippen LogP contribution is 2.38. The molecule has 9 heteroatoms. The van der Waals surface area contributed by atoms with Crippen LogP contribution in [0.4, 0.5) is 4.39 Å². The van der Waals surface area contributed by atoms with Crippen LogP contribution in [0, 0.1) is 11.2 Å². The zero-order valence-electron chi connectivity index (χ0n) is 17.4. The lowest BCUT2D eigenvalue weighted by molar-refractivity contribution is -0.122. The number of H-pyrrole nitrogens is 1. The maximum absolute atomic E-state index is 14.2. The van der Waals surface area contributed by atoms with Gasteiger partial charge in [-0.05, 0) is 30.7 Å². The Balaban J connectivity index is 1.67. The normalized spacial score (nSPS) is 14.0. The van der Waals surface area contributed by atoms with Gasteiger partial charge in [0, 0.05) is 57.6 Å². The summed E-state index contributed by atoms with van der Waals surface area (Å²) in [6.45, 7) is 0.591. The molecule has 0 unspecified atom stereocenters. The van der Waals surface area contributed by atoms with Gasteiger partial charge in [0.15, 0.2) is 5.17 Å². The minimum atomic E-state index is -0.504. The molecule has 0 fully saturated rings. The molecule has 4 aromatic rings. The average Bonchev–Trinajstić information content (AvgIpc) is 3.43. The number of imide groups is 1. The molecule has 1 aliphatic heterocycles. The van der Waals surface area contributed by atoms with Gasteiger partial charge in [0.25, 0.3) is 11.8 Å². The van der Waals surface area contributed by atoms with E-state index in [9.17, 15) is 14.0 Å². The number of para-hydroxylation sites is 1. The van der Waals surface area contributed by atoms with Crippen molar-refractivity contribution < 1.29 is 14.0 Å². The van der Waals surface area contributed by atoms with Crippen molar-refractivity contribution >= 4 is 61.7 Å². The molecule has 0 spiro atoms. The van der Waals surface area contributed by atoms with Gasteiger partial charge in [0.1, 0.15) is 5.82 Å². The molecule has 3 heterocycles. The van der Waals surface area contributed by atoms with Crippen LogP contribution in [0.3, 0.4) is 0 Å². The van der Waals surface area contributed by atoms with E-state index in [4.69, 9.17) is 11.1 Å². The Bertz CT molecular complexity index is 1480. The van der Waals surface area contributed by atoms with Crippen LogP contribution in [0.5, 0.6) is 0 Å². The van der Waals surface area contributed by atoms with Crippen LogP contribution in [0.1, 0.15) is 17.5 Å². The molecular formula is C24H20FN5O2S. The van der Waals surface area contributed by atoms with Crippen LogP contribution in [0.2, 0.25) is 0 Å². The number of carbonyl (C=O) groups excluding carboxylic acids is 2. The summed E-state index contributed by atoms with van der Waals surface area (Å²) in [6, 6.07) is 12.0. The fraction of sp³-hybridized carbons (Fsp3) is 0.125. The molecule has 5 N–H and O–H groups in total. The molecule has 0 radical (unpaired) electrons. The van der Waals surface area contributed by atoms with E-state index in [0.717, 1.165) is 22.8 Å². The third-order valence-corrected chi connectivity index (χ3v) is 6.51. The summed E-state index contributed by atoms with van der Waals surface area (Å²) in [5.74, 6) is -0.744. The number of aryl methyl sites for hydroxylation is 1. The quantitative estimate of drug-likeness (QED) is 0.151. The molecule has 33 heavy (non-hydrogen) atoms. The van der Waals surface area contributed by atoms with Gasteiger partial charge in [0.2, 0.25) is 0 Å². The van der Waals surface area contributed by atoms with Gasteiger partial charge >= 0.3 is 0 Å². The molecule has 2 aromatic heterocycles. The Morgan fingerprint density at radius 3 is 2.61 bits per heavy atom. The van der Waals surface area contributed by atoms with E-state index < -0.39 is 17.6 Å². The highest BCUT2D eigenvalue weighted by molar-refractivity contribution is 8.13. The summed E-state index contributed by atoms with van der Waals surface area (Å²) in [4.78, 5) is 29.0. The van der Waals surface area contributed by atoms with Crippen molar-refractivity contribution in [3.8, 4) is 0 Å².